The summed E-state index contributed by atoms with van der Waals surface area (Å²) >= 11 is 0. The van der Waals surface area contributed by atoms with Crippen molar-refractivity contribution in [3.05, 3.63) is 145 Å². The normalized spacial score (nSPS) is 10.9. The second-order valence-corrected chi connectivity index (χ2v) is 11.2. The van der Waals surface area contributed by atoms with Crippen LogP contribution in [0.15, 0.2) is 144 Å². The van der Waals surface area contributed by atoms with Crippen molar-refractivity contribution in [3.8, 4) is 22.9 Å². The van der Waals surface area contributed by atoms with E-state index < -0.39 is 0 Å². The van der Waals surface area contributed by atoms with E-state index in [0.717, 1.165) is 43.8 Å². The van der Waals surface area contributed by atoms with Gasteiger partial charge in [-0.25, -0.2) is 9.36 Å². The van der Waals surface area contributed by atoms with Crippen LogP contribution in [0.4, 0.5) is 0 Å². The van der Waals surface area contributed by atoms with Crippen LogP contribution in [-0.4, -0.2) is 19.6 Å². The van der Waals surface area contributed by atoms with Crippen LogP contribution >= 0.6 is 21.6 Å². The molecule has 4 aromatic carbocycles. The van der Waals surface area contributed by atoms with Gasteiger partial charge in [0.15, 0.2) is 0 Å². The lowest BCUT2D eigenvalue weighted by molar-refractivity contribution is 0.305. The molecule has 198 valence electrons. The van der Waals surface area contributed by atoms with E-state index in [1.165, 1.54) is 0 Å². The summed E-state index contributed by atoms with van der Waals surface area (Å²) in [6.45, 7) is 1.01. The minimum absolute atomic E-state index is 0.506. The Bertz CT molecular complexity index is 1510. The number of ether oxygens (including phenoxy) is 2. The van der Waals surface area contributed by atoms with E-state index in [4.69, 9.17) is 9.47 Å². The summed E-state index contributed by atoms with van der Waals surface area (Å²) in [7, 11) is 3.39. The first-order valence-corrected chi connectivity index (χ1v) is 14.9. The largest absolute Gasteiger partial charge is 0.489 e. The molecule has 0 saturated heterocycles. The van der Waals surface area contributed by atoms with Crippen LogP contribution in [0.3, 0.4) is 0 Å². The molecule has 0 spiro atoms. The van der Waals surface area contributed by atoms with Gasteiger partial charge in [-0.05, 0) is 83.9 Å². The van der Waals surface area contributed by atoms with Crippen LogP contribution in [-0.2, 0) is 13.2 Å². The summed E-state index contributed by atoms with van der Waals surface area (Å²) in [6, 6.07) is 36.6. The summed E-state index contributed by atoms with van der Waals surface area (Å²) in [5.41, 5.74) is 4.26. The Hall–Kier alpha value is -4.40. The molecule has 8 heteroatoms. The maximum absolute atomic E-state index is 6.07. The van der Waals surface area contributed by atoms with E-state index in [2.05, 4.69) is 58.7 Å². The Kier molecular flexibility index (Phi) is 8.17. The van der Waals surface area contributed by atoms with Crippen LogP contribution in [0.2, 0.25) is 0 Å². The molecule has 0 saturated carbocycles. The summed E-state index contributed by atoms with van der Waals surface area (Å²) < 4.78 is 15.8. The fourth-order valence-corrected chi connectivity index (χ4v) is 5.98. The Morgan fingerprint density at radius 2 is 0.975 bits per heavy atom. The minimum atomic E-state index is 0.506. The molecule has 0 radical (unpaired) electrons. The molecule has 6 aromatic rings. The highest BCUT2D eigenvalue weighted by atomic mass is 33.1. The standard InChI is InChI=1S/C32H26N4O2S2/c1-5-29(37-23-25-9-13-27(14-10-25)35-19-3-17-33-35)21-31(7-1)39-40-32-8-2-6-30(22-32)38-24-26-11-15-28(16-12-26)36-20-4-18-34-36/h1-22H,23-24H2. The molecule has 0 amide bonds. The molecule has 6 nitrogen and oxygen atoms in total. The first-order valence-electron chi connectivity index (χ1n) is 12.8. The van der Waals surface area contributed by atoms with Crippen molar-refractivity contribution in [1.82, 2.24) is 19.6 Å². The van der Waals surface area contributed by atoms with Crippen LogP contribution in [0.25, 0.3) is 11.4 Å². The molecule has 0 aliphatic carbocycles. The van der Waals surface area contributed by atoms with Gasteiger partial charge in [-0.3, -0.25) is 0 Å². The Balaban J connectivity index is 0.996. The van der Waals surface area contributed by atoms with Crippen molar-refractivity contribution in [2.45, 2.75) is 23.0 Å². The van der Waals surface area contributed by atoms with Crippen molar-refractivity contribution in [2.75, 3.05) is 0 Å². The SMILES string of the molecule is c1cc(OCc2ccc(-n3cccn3)cc2)cc(SSc2cccc(OCc3ccc(-n4cccn4)cc3)c2)c1. The second kappa shape index (κ2) is 12.6. The first-order chi connectivity index (χ1) is 19.8. The van der Waals surface area contributed by atoms with E-state index in [1.54, 1.807) is 34.0 Å². The van der Waals surface area contributed by atoms with E-state index in [9.17, 15) is 0 Å². The Morgan fingerprint density at radius 1 is 0.525 bits per heavy atom. The number of hydrogen-bond donors (Lipinski definition) is 0. The van der Waals surface area contributed by atoms with E-state index in [1.807, 2.05) is 82.4 Å². The van der Waals surface area contributed by atoms with Crippen molar-refractivity contribution in [1.29, 1.82) is 0 Å². The van der Waals surface area contributed by atoms with Crippen LogP contribution < -0.4 is 9.47 Å². The molecule has 2 aromatic heterocycles. The van der Waals surface area contributed by atoms with E-state index in [-0.39, 0.29) is 0 Å². The van der Waals surface area contributed by atoms with Gasteiger partial charge in [0.1, 0.15) is 24.7 Å². The molecule has 0 atom stereocenters. The summed E-state index contributed by atoms with van der Waals surface area (Å²) in [5, 5.41) is 8.53. The quantitative estimate of drug-likeness (QED) is 0.149. The third-order valence-corrected chi connectivity index (χ3v) is 8.45. The third-order valence-electron chi connectivity index (χ3n) is 6.07. The molecule has 0 fully saturated rings. The van der Waals surface area contributed by atoms with Crippen LogP contribution in [0.1, 0.15) is 11.1 Å². The molecule has 0 unspecified atom stereocenters. The predicted molar refractivity (Wildman–Crippen MR) is 160 cm³/mol. The highest BCUT2D eigenvalue weighted by Crippen LogP contribution is 2.39. The van der Waals surface area contributed by atoms with Crippen molar-refractivity contribution in [2.24, 2.45) is 0 Å². The van der Waals surface area contributed by atoms with Gasteiger partial charge in [-0.15, -0.1) is 0 Å². The van der Waals surface area contributed by atoms with Crippen molar-refractivity contribution >= 4 is 21.6 Å². The fourth-order valence-electron chi connectivity index (χ4n) is 3.99. The lowest BCUT2D eigenvalue weighted by Gasteiger charge is -2.10. The molecule has 0 aliphatic rings. The molecule has 2 heterocycles. The average molecular weight is 563 g/mol. The van der Waals surface area contributed by atoms with E-state index >= 15 is 0 Å². The Morgan fingerprint density at radius 3 is 1.38 bits per heavy atom. The summed E-state index contributed by atoms with van der Waals surface area (Å²) in [5.74, 6) is 1.69. The predicted octanol–water partition coefficient (Wildman–Crippen LogP) is 8.02. The molecular weight excluding hydrogens is 537 g/mol. The van der Waals surface area contributed by atoms with Crippen molar-refractivity contribution in [3.63, 3.8) is 0 Å². The smallest absolute Gasteiger partial charge is 0.120 e. The number of rotatable bonds is 11. The molecule has 6 rings (SSSR count). The first kappa shape index (κ1) is 25.9. The maximum Gasteiger partial charge on any atom is 0.120 e. The molecule has 0 aliphatic heterocycles. The number of aromatic nitrogens is 4. The highest BCUT2D eigenvalue weighted by molar-refractivity contribution is 8.76. The summed E-state index contributed by atoms with van der Waals surface area (Å²) in [6.07, 6.45) is 7.41. The fraction of sp³-hybridized carbons (Fsp3) is 0.0625. The van der Waals surface area contributed by atoms with Crippen LogP contribution in [0.5, 0.6) is 11.5 Å². The Labute approximate surface area is 241 Å². The van der Waals surface area contributed by atoms with E-state index in [0.29, 0.717) is 13.2 Å². The van der Waals surface area contributed by atoms with Gasteiger partial charge in [0, 0.05) is 34.6 Å². The van der Waals surface area contributed by atoms with Gasteiger partial charge in [-0.2, -0.15) is 10.2 Å². The third kappa shape index (κ3) is 6.77. The van der Waals surface area contributed by atoms with Gasteiger partial charge >= 0.3 is 0 Å². The van der Waals surface area contributed by atoms with Crippen molar-refractivity contribution < 1.29 is 9.47 Å². The zero-order valence-corrected chi connectivity index (χ0v) is 23.2. The number of nitrogens with zero attached hydrogens (tertiary/aromatic N) is 4. The maximum atomic E-state index is 6.07. The summed E-state index contributed by atoms with van der Waals surface area (Å²) in [4.78, 5) is 2.25. The van der Waals surface area contributed by atoms with Gasteiger partial charge in [0.05, 0.1) is 11.4 Å². The van der Waals surface area contributed by atoms with Gasteiger partial charge in [-0.1, -0.05) is 58.0 Å². The van der Waals surface area contributed by atoms with Gasteiger partial charge in [0.25, 0.3) is 0 Å². The number of benzene rings is 4. The van der Waals surface area contributed by atoms with Gasteiger partial charge < -0.3 is 9.47 Å². The lowest BCUT2D eigenvalue weighted by Crippen LogP contribution is -1.98. The topological polar surface area (TPSA) is 54.1 Å². The van der Waals surface area contributed by atoms with Gasteiger partial charge in [0.2, 0.25) is 0 Å². The second-order valence-electron chi connectivity index (χ2n) is 8.93. The molecule has 40 heavy (non-hydrogen) atoms. The zero-order chi connectivity index (χ0) is 27.0. The molecule has 0 bridgehead atoms. The monoisotopic (exact) mass is 562 g/mol. The zero-order valence-electron chi connectivity index (χ0n) is 21.5. The highest BCUT2D eigenvalue weighted by Gasteiger charge is 2.05. The number of hydrogen-bond acceptors (Lipinski definition) is 6. The average Bonchev–Trinajstić information content (AvgIpc) is 3.75. The minimum Gasteiger partial charge on any atom is -0.489 e. The van der Waals surface area contributed by atoms with Crippen LogP contribution in [0, 0.1) is 0 Å². The lowest BCUT2D eigenvalue weighted by atomic mass is 10.2. The molecular formula is C32H26N4O2S2. The molecule has 0 N–H and O–H groups in total.